The summed E-state index contributed by atoms with van der Waals surface area (Å²) in [6, 6.07) is 4.38. The van der Waals surface area contributed by atoms with Crippen molar-refractivity contribution >= 4 is 11.6 Å². The first-order chi connectivity index (χ1) is 9.00. The lowest BCUT2D eigenvalue weighted by Crippen LogP contribution is -2.28. The highest BCUT2D eigenvalue weighted by atomic mass is 19.3. The molecule has 1 fully saturated rings. The Balaban J connectivity index is 1.96. The number of hydrogen-bond donors (Lipinski definition) is 1. The zero-order chi connectivity index (χ0) is 13.6. The third kappa shape index (κ3) is 1.99. The molecule has 1 aromatic carbocycles. The monoisotopic (exact) mass is 271 g/mol. The van der Waals surface area contributed by atoms with Gasteiger partial charge >= 0.3 is 6.29 Å². The molecule has 0 aromatic heterocycles. The highest BCUT2D eigenvalue weighted by Crippen LogP contribution is 2.47. The fraction of sp³-hybridized carbons (Fsp3) is 0.417. The number of ether oxygens (including phenoxy) is 2. The van der Waals surface area contributed by atoms with Crippen molar-refractivity contribution in [3.8, 4) is 11.5 Å². The molecule has 1 aromatic rings. The molecule has 7 heteroatoms. The average Bonchev–Trinajstić information content (AvgIpc) is 2.86. The maximum atomic E-state index is 13.1. The molecule has 1 unspecified atom stereocenters. The van der Waals surface area contributed by atoms with Crippen molar-refractivity contribution in [1.82, 2.24) is 0 Å². The van der Waals surface area contributed by atoms with E-state index in [1.165, 1.54) is 23.1 Å². The maximum Gasteiger partial charge on any atom is 0.586 e. The van der Waals surface area contributed by atoms with Crippen LogP contribution in [0, 0.1) is 5.92 Å². The Morgan fingerprint density at radius 1 is 1.42 bits per heavy atom. The van der Waals surface area contributed by atoms with Gasteiger partial charge in [0.05, 0.1) is 5.69 Å². The molecule has 0 saturated carbocycles. The van der Waals surface area contributed by atoms with Gasteiger partial charge < -0.3 is 19.5 Å². The van der Waals surface area contributed by atoms with Crippen LogP contribution in [0.3, 0.4) is 0 Å². The first kappa shape index (κ1) is 12.2. The van der Waals surface area contributed by atoms with E-state index in [0.717, 1.165) is 0 Å². The molecule has 0 radical (unpaired) electrons. The maximum absolute atomic E-state index is 13.1. The van der Waals surface area contributed by atoms with E-state index in [2.05, 4.69) is 9.47 Å². The molecule has 1 atom stereocenters. The summed E-state index contributed by atoms with van der Waals surface area (Å²) in [5.74, 6) is -0.653. The van der Waals surface area contributed by atoms with E-state index in [0.29, 0.717) is 0 Å². The molecule has 1 amide bonds. The topological polar surface area (TPSA) is 59.0 Å². The molecule has 3 rings (SSSR count). The Labute approximate surface area is 107 Å². The number of para-hydroxylation sites is 1. The molecule has 1 saturated heterocycles. The van der Waals surface area contributed by atoms with Gasteiger partial charge in [0.25, 0.3) is 0 Å². The van der Waals surface area contributed by atoms with Crippen LogP contribution in [0.1, 0.15) is 6.42 Å². The number of rotatable bonds is 2. The van der Waals surface area contributed by atoms with Gasteiger partial charge in [0.2, 0.25) is 5.91 Å². The SMILES string of the molecule is O=C1CC(CO)CN1c1cccc2c1OC(F)(F)O2. The predicted octanol–water partition coefficient (Wildman–Crippen LogP) is 1.35. The van der Waals surface area contributed by atoms with Crippen molar-refractivity contribution in [2.45, 2.75) is 12.7 Å². The van der Waals surface area contributed by atoms with Crippen LogP contribution in [0.25, 0.3) is 0 Å². The van der Waals surface area contributed by atoms with Crippen LogP contribution in [0.4, 0.5) is 14.5 Å². The molecule has 5 nitrogen and oxygen atoms in total. The second kappa shape index (κ2) is 4.06. The highest BCUT2D eigenvalue weighted by molar-refractivity contribution is 5.97. The summed E-state index contributed by atoms with van der Waals surface area (Å²) < 4.78 is 34.9. The van der Waals surface area contributed by atoms with Crippen molar-refractivity contribution in [1.29, 1.82) is 0 Å². The van der Waals surface area contributed by atoms with Crippen LogP contribution in [0.5, 0.6) is 11.5 Å². The predicted molar refractivity (Wildman–Crippen MR) is 60.2 cm³/mol. The first-order valence-electron chi connectivity index (χ1n) is 5.80. The third-order valence-corrected chi connectivity index (χ3v) is 3.16. The largest absolute Gasteiger partial charge is 0.586 e. The van der Waals surface area contributed by atoms with Gasteiger partial charge in [-0.15, -0.1) is 8.78 Å². The minimum absolute atomic E-state index is 0.0947. The standard InChI is InChI=1S/C12H11F2NO4/c13-12(14)18-9-3-1-2-8(11(9)19-12)15-5-7(6-16)4-10(15)17/h1-3,7,16H,4-6H2. The Morgan fingerprint density at radius 2 is 2.21 bits per heavy atom. The van der Waals surface area contributed by atoms with Crippen molar-refractivity contribution in [2.75, 3.05) is 18.1 Å². The van der Waals surface area contributed by atoms with Crippen LogP contribution < -0.4 is 14.4 Å². The first-order valence-corrected chi connectivity index (χ1v) is 5.80. The van der Waals surface area contributed by atoms with Gasteiger partial charge in [-0.05, 0) is 12.1 Å². The minimum atomic E-state index is -3.71. The van der Waals surface area contributed by atoms with E-state index in [9.17, 15) is 13.6 Å². The second-order valence-electron chi connectivity index (χ2n) is 4.53. The molecule has 0 spiro atoms. The number of carbonyl (C=O) groups is 1. The number of halogens is 2. The second-order valence-corrected chi connectivity index (χ2v) is 4.53. The third-order valence-electron chi connectivity index (χ3n) is 3.16. The fourth-order valence-electron chi connectivity index (χ4n) is 2.30. The smallest absolute Gasteiger partial charge is 0.396 e. The van der Waals surface area contributed by atoms with Gasteiger partial charge in [0.15, 0.2) is 11.5 Å². The lowest BCUT2D eigenvalue weighted by molar-refractivity contribution is -0.286. The Hall–Kier alpha value is -1.89. The van der Waals surface area contributed by atoms with Crippen LogP contribution in [0.15, 0.2) is 18.2 Å². The molecular formula is C12H11F2NO4. The van der Waals surface area contributed by atoms with E-state index in [1.807, 2.05) is 0 Å². The number of alkyl halides is 2. The molecule has 1 N–H and O–H groups in total. The highest BCUT2D eigenvalue weighted by Gasteiger charge is 2.46. The fourth-order valence-corrected chi connectivity index (χ4v) is 2.30. The van der Waals surface area contributed by atoms with Gasteiger partial charge in [0.1, 0.15) is 0 Å². The number of aliphatic hydroxyl groups excluding tert-OH is 1. The molecule has 0 aliphatic carbocycles. The zero-order valence-corrected chi connectivity index (χ0v) is 9.81. The average molecular weight is 271 g/mol. The number of benzene rings is 1. The number of carbonyl (C=O) groups excluding carboxylic acids is 1. The van der Waals surface area contributed by atoms with Crippen molar-refractivity contribution in [3.63, 3.8) is 0 Å². The Kier molecular flexibility index (Phi) is 2.60. The van der Waals surface area contributed by atoms with Crippen molar-refractivity contribution in [3.05, 3.63) is 18.2 Å². The van der Waals surface area contributed by atoms with Crippen LogP contribution in [0.2, 0.25) is 0 Å². The van der Waals surface area contributed by atoms with E-state index in [4.69, 9.17) is 5.11 Å². The van der Waals surface area contributed by atoms with Crippen molar-refractivity contribution in [2.24, 2.45) is 5.92 Å². The number of hydrogen-bond acceptors (Lipinski definition) is 4. The van der Waals surface area contributed by atoms with E-state index < -0.39 is 6.29 Å². The van der Waals surface area contributed by atoms with Gasteiger partial charge in [-0.1, -0.05) is 6.07 Å². The van der Waals surface area contributed by atoms with Crippen molar-refractivity contribution < 1.29 is 28.2 Å². The lowest BCUT2D eigenvalue weighted by atomic mass is 10.1. The summed E-state index contributed by atoms with van der Waals surface area (Å²) in [7, 11) is 0. The number of amides is 1. The summed E-state index contributed by atoms with van der Waals surface area (Å²) in [5.41, 5.74) is 0.246. The van der Waals surface area contributed by atoms with Crippen LogP contribution in [-0.4, -0.2) is 30.5 Å². The van der Waals surface area contributed by atoms with Crippen LogP contribution in [-0.2, 0) is 4.79 Å². The van der Waals surface area contributed by atoms with Crippen LogP contribution >= 0.6 is 0 Å². The molecule has 102 valence electrons. The summed E-state index contributed by atoms with van der Waals surface area (Å²) in [6.07, 6.45) is -3.52. The summed E-state index contributed by atoms with van der Waals surface area (Å²) in [4.78, 5) is 13.2. The molecule has 19 heavy (non-hydrogen) atoms. The molecule has 2 heterocycles. The van der Waals surface area contributed by atoms with Gasteiger partial charge in [0, 0.05) is 25.5 Å². The molecule has 2 aliphatic rings. The summed E-state index contributed by atoms with van der Waals surface area (Å²) in [5, 5.41) is 9.07. The summed E-state index contributed by atoms with van der Waals surface area (Å²) in [6.45, 7) is 0.158. The summed E-state index contributed by atoms with van der Waals surface area (Å²) >= 11 is 0. The van der Waals surface area contributed by atoms with E-state index >= 15 is 0 Å². The van der Waals surface area contributed by atoms with E-state index in [-0.39, 0.29) is 48.6 Å². The molecular weight excluding hydrogens is 260 g/mol. The number of nitrogens with zero attached hydrogens (tertiary/aromatic N) is 1. The van der Waals surface area contributed by atoms with Gasteiger partial charge in [-0.25, -0.2) is 0 Å². The zero-order valence-electron chi connectivity index (χ0n) is 9.81. The minimum Gasteiger partial charge on any atom is -0.396 e. The lowest BCUT2D eigenvalue weighted by Gasteiger charge is -2.18. The Bertz CT molecular complexity index is 534. The number of anilines is 1. The number of aliphatic hydroxyl groups is 1. The molecule has 2 aliphatic heterocycles. The van der Waals surface area contributed by atoms with Gasteiger partial charge in [-0.3, -0.25) is 4.79 Å². The molecule has 0 bridgehead atoms. The quantitative estimate of drug-likeness (QED) is 0.882. The van der Waals surface area contributed by atoms with E-state index in [1.54, 1.807) is 0 Å². The normalized spacial score (nSPS) is 24.1. The van der Waals surface area contributed by atoms with Gasteiger partial charge in [-0.2, -0.15) is 0 Å². The Morgan fingerprint density at radius 3 is 2.89 bits per heavy atom. The number of fused-ring (bicyclic) bond motifs is 1.